The number of hydrogen-bond donors (Lipinski definition) is 2. The third kappa shape index (κ3) is 4.42. The fourth-order valence-electron chi connectivity index (χ4n) is 8.40. The van der Waals surface area contributed by atoms with E-state index in [2.05, 4.69) is 41.2 Å². The van der Waals surface area contributed by atoms with Gasteiger partial charge in [0, 0.05) is 12.0 Å². The third-order valence-corrected chi connectivity index (χ3v) is 10.7. The van der Waals surface area contributed by atoms with Gasteiger partial charge in [0.2, 0.25) is 0 Å². The average Bonchev–Trinajstić information content (AvgIpc) is 3.03. The molecule has 3 aliphatic rings. The molecule has 190 valence electrons. The van der Waals surface area contributed by atoms with Crippen LogP contribution in [-0.2, 0) is 9.59 Å². The van der Waals surface area contributed by atoms with Crippen molar-refractivity contribution in [3.8, 4) is 0 Å². The van der Waals surface area contributed by atoms with Crippen molar-refractivity contribution in [1.29, 1.82) is 0 Å². The molecule has 6 atom stereocenters. The maximum absolute atomic E-state index is 11.5. The molecule has 0 aromatic carbocycles. The third-order valence-electron chi connectivity index (χ3n) is 10.7. The van der Waals surface area contributed by atoms with E-state index < -0.39 is 11.9 Å². The average molecular weight is 471 g/mol. The number of carboxylic acid groups (broad SMARTS) is 2. The molecular weight excluding hydrogens is 424 g/mol. The molecular formula is C30H46O4. The van der Waals surface area contributed by atoms with Crippen molar-refractivity contribution in [3.05, 3.63) is 34.9 Å². The van der Waals surface area contributed by atoms with Crippen LogP contribution in [0.2, 0.25) is 0 Å². The van der Waals surface area contributed by atoms with Gasteiger partial charge >= 0.3 is 11.9 Å². The highest BCUT2D eigenvalue weighted by Crippen LogP contribution is 2.71. The van der Waals surface area contributed by atoms with Gasteiger partial charge in [-0.15, -0.1) is 0 Å². The Morgan fingerprint density at radius 3 is 2.35 bits per heavy atom. The van der Waals surface area contributed by atoms with E-state index in [1.165, 1.54) is 18.4 Å². The second-order valence-corrected chi connectivity index (χ2v) is 12.3. The van der Waals surface area contributed by atoms with Crippen molar-refractivity contribution in [3.63, 3.8) is 0 Å². The summed E-state index contributed by atoms with van der Waals surface area (Å²) in [5.41, 5.74) is 5.13. The van der Waals surface area contributed by atoms with Crippen LogP contribution < -0.4 is 0 Å². The summed E-state index contributed by atoms with van der Waals surface area (Å²) in [6.07, 6.45) is 11.5. The summed E-state index contributed by atoms with van der Waals surface area (Å²) >= 11 is 0. The zero-order valence-corrected chi connectivity index (χ0v) is 22.3. The Kier molecular flexibility index (Phi) is 7.60. The highest BCUT2D eigenvalue weighted by molar-refractivity contribution is 5.85. The van der Waals surface area contributed by atoms with Gasteiger partial charge in [0.1, 0.15) is 0 Å². The summed E-state index contributed by atoms with van der Waals surface area (Å²) in [5.74, 6) is 0.0180. The van der Waals surface area contributed by atoms with E-state index in [-0.39, 0.29) is 22.7 Å². The number of hydrogen-bond acceptors (Lipinski definition) is 2. The van der Waals surface area contributed by atoms with Gasteiger partial charge in [0.15, 0.2) is 0 Å². The summed E-state index contributed by atoms with van der Waals surface area (Å²) in [4.78, 5) is 22.7. The molecule has 0 radical (unpaired) electrons. The SMILES string of the molecule is C=C(C)[C@@H]1CCC2=C(CC[C@]3(C)[C@@H]([C@H](C)CC/C=C(\C)C(=O)O)CC[C@@]23C)[C@@]1(C)CCC(=O)O. The van der Waals surface area contributed by atoms with Gasteiger partial charge in [-0.2, -0.15) is 0 Å². The molecule has 3 rings (SSSR count). The summed E-state index contributed by atoms with van der Waals surface area (Å²) in [6.45, 7) is 17.8. The fourth-order valence-corrected chi connectivity index (χ4v) is 8.40. The Morgan fingerprint density at radius 1 is 1.09 bits per heavy atom. The van der Waals surface area contributed by atoms with Crippen LogP contribution >= 0.6 is 0 Å². The van der Waals surface area contributed by atoms with Gasteiger partial charge in [0.05, 0.1) is 0 Å². The molecule has 0 amide bonds. The minimum Gasteiger partial charge on any atom is -0.481 e. The fraction of sp³-hybridized carbons (Fsp3) is 0.733. The van der Waals surface area contributed by atoms with Gasteiger partial charge in [0.25, 0.3) is 0 Å². The van der Waals surface area contributed by atoms with E-state index in [9.17, 15) is 14.7 Å². The van der Waals surface area contributed by atoms with E-state index in [4.69, 9.17) is 5.11 Å². The molecule has 4 heteroatoms. The zero-order chi connectivity index (χ0) is 25.5. The van der Waals surface area contributed by atoms with Crippen LogP contribution in [0.4, 0.5) is 0 Å². The van der Waals surface area contributed by atoms with E-state index in [0.29, 0.717) is 29.7 Å². The molecule has 0 unspecified atom stereocenters. The Morgan fingerprint density at radius 2 is 1.76 bits per heavy atom. The van der Waals surface area contributed by atoms with Gasteiger partial charge in [-0.05, 0) is 106 Å². The lowest BCUT2D eigenvalue weighted by Gasteiger charge is -2.57. The molecule has 0 aliphatic heterocycles. The first kappa shape index (κ1) is 26.8. The molecule has 4 nitrogen and oxygen atoms in total. The summed E-state index contributed by atoms with van der Waals surface area (Å²) in [5, 5.41) is 18.6. The van der Waals surface area contributed by atoms with Crippen LogP contribution in [-0.4, -0.2) is 22.2 Å². The van der Waals surface area contributed by atoms with E-state index in [1.54, 1.807) is 18.1 Å². The number of aliphatic carboxylic acids is 2. The lowest BCUT2D eigenvalue weighted by Crippen LogP contribution is -2.48. The molecule has 0 aromatic rings. The largest absolute Gasteiger partial charge is 0.481 e. The molecule has 0 saturated heterocycles. The Bertz CT molecular complexity index is 911. The molecule has 1 saturated carbocycles. The Balaban J connectivity index is 1.91. The lowest BCUT2D eigenvalue weighted by molar-refractivity contribution is -0.137. The van der Waals surface area contributed by atoms with Gasteiger partial charge < -0.3 is 10.2 Å². The van der Waals surface area contributed by atoms with Gasteiger partial charge in [-0.3, -0.25) is 4.79 Å². The zero-order valence-electron chi connectivity index (χ0n) is 22.3. The molecule has 0 spiro atoms. The molecule has 0 heterocycles. The van der Waals surface area contributed by atoms with Crippen molar-refractivity contribution < 1.29 is 19.8 Å². The van der Waals surface area contributed by atoms with Crippen molar-refractivity contribution >= 4 is 11.9 Å². The second kappa shape index (κ2) is 9.66. The molecule has 0 bridgehead atoms. The molecule has 34 heavy (non-hydrogen) atoms. The Hall–Kier alpha value is -1.84. The van der Waals surface area contributed by atoms with Crippen molar-refractivity contribution in [2.45, 2.75) is 106 Å². The standard InChI is InChI=1S/C30H46O4/c1-19(2)22-11-12-25-24(28(22,5)16-15-26(31)32)14-18-29(6)23(13-17-30(25,29)7)20(3)9-8-10-21(4)27(33)34/h10,20,22-23H,1,8-9,11-18H2,2-7H3,(H,31,32)(H,33,34)/b21-10+/t20-,22+,23-,28+,29-,30+/m1/s1. The highest BCUT2D eigenvalue weighted by atomic mass is 16.4. The van der Waals surface area contributed by atoms with Crippen molar-refractivity contribution in [2.75, 3.05) is 0 Å². The summed E-state index contributed by atoms with van der Waals surface area (Å²) in [6, 6.07) is 0. The smallest absolute Gasteiger partial charge is 0.330 e. The van der Waals surface area contributed by atoms with Crippen LogP contribution in [0.1, 0.15) is 106 Å². The lowest BCUT2D eigenvalue weighted by atomic mass is 9.47. The number of carbonyl (C=O) groups is 2. The number of rotatable bonds is 9. The first-order chi connectivity index (χ1) is 15.8. The van der Waals surface area contributed by atoms with Crippen molar-refractivity contribution in [1.82, 2.24) is 0 Å². The maximum atomic E-state index is 11.5. The van der Waals surface area contributed by atoms with Crippen LogP contribution in [0.3, 0.4) is 0 Å². The number of fused-ring (bicyclic) bond motifs is 2. The summed E-state index contributed by atoms with van der Waals surface area (Å²) < 4.78 is 0. The topological polar surface area (TPSA) is 74.6 Å². The van der Waals surface area contributed by atoms with E-state index in [0.717, 1.165) is 38.5 Å². The van der Waals surface area contributed by atoms with Gasteiger partial charge in [-0.1, -0.05) is 57.1 Å². The normalized spacial score (nSPS) is 36.6. The van der Waals surface area contributed by atoms with Crippen LogP contribution in [0, 0.1) is 34.0 Å². The minimum absolute atomic E-state index is 0.106. The monoisotopic (exact) mass is 470 g/mol. The highest BCUT2D eigenvalue weighted by Gasteiger charge is 2.61. The van der Waals surface area contributed by atoms with Crippen molar-refractivity contribution in [2.24, 2.45) is 34.0 Å². The predicted molar refractivity (Wildman–Crippen MR) is 138 cm³/mol. The molecule has 1 fully saturated rings. The number of carboxylic acids is 2. The van der Waals surface area contributed by atoms with E-state index in [1.807, 2.05) is 6.08 Å². The summed E-state index contributed by atoms with van der Waals surface area (Å²) in [7, 11) is 0. The van der Waals surface area contributed by atoms with Crippen LogP contribution in [0.5, 0.6) is 0 Å². The second-order valence-electron chi connectivity index (χ2n) is 12.3. The molecule has 3 aliphatic carbocycles. The number of allylic oxidation sites excluding steroid dienone is 4. The van der Waals surface area contributed by atoms with Gasteiger partial charge in [-0.25, -0.2) is 4.79 Å². The maximum Gasteiger partial charge on any atom is 0.330 e. The molecule has 0 aromatic heterocycles. The van der Waals surface area contributed by atoms with Crippen LogP contribution in [0.15, 0.2) is 34.9 Å². The first-order valence-electron chi connectivity index (χ1n) is 13.3. The Labute approximate surface area is 206 Å². The van der Waals surface area contributed by atoms with E-state index >= 15 is 0 Å². The predicted octanol–water partition coefficient (Wildman–Crippen LogP) is 7.80. The quantitative estimate of drug-likeness (QED) is 0.266. The van der Waals surface area contributed by atoms with Crippen LogP contribution in [0.25, 0.3) is 0 Å². The molecule has 2 N–H and O–H groups in total. The minimum atomic E-state index is -0.823. The first-order valence-corrected chi connectivity index (χ1v) is 13.3.